The second kappa shape index (κ2) is 7.45. The quantitative estimate of drug-likeness (QED) is 0.753. The van der Waals surface area contributed by atoms with Crippen LogP contribution in [0, 0.1) is 0 Å². The van der Waals surface area contributed by atoms with Crippen LogP contribution in [0.1, 0.15) is 36.3 Å². The Morgan fingerprint density at radius 2 is 2.22 bits per heavy atom. The minimum absolute atomic E-state index is 0.156. The van der Waals surface area contributed by atoms with E-state index in [0.29, 0.717) is 12.6 Å². The standard InChI is InChI=1S/C12H21N3O2S/c1-4-15(5-2)7-9(3)13-6-10-8-18-11(14-10)12(16)17/h8-9,13H,4-7H2,1-3H3,(H,16,17). The minimum Gasteiger partial charge on any atom is -0.476 e. The van der Waals surface area contributed by atoms with Gasteiger partial charge in [-0.3, -0.25) is 0 Å². The van der Waals surface area contributed by atoms with Crippen LogP contribution in [0.15, 0.2) is 5.38 Å². The zero-order valence-corrected chi connectivity index (χ0v) is 12.0. The average molecular weight is 271 g/mol. The number of nitrogens with zero attached hydrogens (tertiary/aromatic N) is 2. The lowest BCUT2D eigenvalue weighted by Crippen LogP contribution is -2.38. The summed E-state index contributed by atoms with van der Waals surface area (Å²) in [5.74, 6) is -0.956. The molecule has 0 radical (unpaired) electrons. The number of hydrogen-bond acceptors (Lipinski definition) is 5. The van der Waals surface area contributed by atoms with Crippen molar-refractivity contribution in [3.8, 4) is 0 Å². The Hall–Kier alpha value is -0.980. The minimum atomic E-state index is -0.956. The predicted molar refractivity (Wildman–Crippen MR) is 73.2 cm³/mol. The van der Waals surface area contributed by atoms with Crippen molar-refractivity contribution in [2.75, 3.05) is 19.6 Å². The summed E-state index contributed by atoms with van der Waals surface area (Å²) in [4.78, 5) is 17.1. The fraction of sp³-hybridized carbons (Fsp3) is 0.667. The zero-order valence-electron chi connectivity index (χ0n) is 11.1. The average Bonchev–Trinajstić information content (AvgIpc) is 2.82. The number of rotatable bonds is 8. The molecule has 0 spiro atoms. The van der Waals surface area contributed by atoms with E-state index >= 15 is 0 Å². The molecule has 1 aromatic heterocycles. The third-order valence-corrected chi connectivity index (χ3v) is 3.67. The molecular formula is C12H21N3O2S. The molecule has 0 saturated heterocycles. The highest BCUT2D eigenvalue weighted by Gasteiger charge is 2.10. The van der Waals surface area contributed by atoms with Crippen LogP contribution < -0.4 is 5.32 Å². The molecular weight excluding hydrogens is 250 g/mol. The number of likely N-dealkylation sites (N-methyl/N-ethyl adjacent to an activating group) is 1. The van der Waals surface area contributed by atoms with E-state index < -0.39 is 5.97 Å². The van der Waals surface area contributed by atoms with Crippen LogP contribution in [0.2, 0.25) is 0 Å². The normalized spacial score (nSPS) is 12.9. The monoisotopic (exact) mass is 271 g/mol. The van der Waals surface area contributed by atoms with Gasteiger partial charge in [-0.05, 0) is 20.0 Å². The number of carboxylic acids is 1. The molecule has 0 fully saturated rings. The lowest BCUT2D eigenvalue weighted by atomic mass is 10.3. The van der Waals surface area contributed by atoms with Crippen molar-refractivity contribution in [1.82, 2.24) is 15.2 Å². The summed E-state index contributed by atoms with van der Waals surface area (Å²) in [5.41, 5.74) is 0.795. The second-order valence-corrected chi connectivity index (χ2v) is 5.08. The summed E-state index contributed by atoms with van der Waals surface area (Å²) in [5, 5.41) is 14.1. The van der Waals surface area contributed by atoms with Crippen molar-refractivity contribution in [1.29, 1.82) is 0 Å². The van der Waals surface area contributed by atoms with Crippen LogP contribution in [0.4, 0.5) is 0 Å². The molecule has 1 unspecified atom stereocenters. The number of nitrogens with one attached hydrogen (secondary N) is 1. The van der Waals surface area contributed by atoms with Crippen LogP contribution in [-0.2, 0) is 6.54 Å². The van der Waals surface area contributed by atoms with Crippen LogP contribution in [-0.4, -0.2) is 46.6 Å². The first-order valence-electron chi connectivity index (χ1n) is 6.20. The van der Waals surface area contributed by atoms with Crippen molar-refractivity contribution >= 4 is 17.3 Å². The van der Waals surface area contributed by atoms with Gasteiger partial charge in [-0.2, -0.15) is 0 Å². The highest BCUT2D eigenvalue weighted by Crippen LogP contribution is 2.09. The second-order valence-electron chi connectivity index (χ2n) is 4.22. The van der Waals surface area contributed by atoms with Crippen molar-refractivity contribution < 1.29 is 9.90 Å². The van der Waals surface area contributed by atoms with Gasteiger partial charge in [0.25, 0.3) is 0 Å². The van der Waals surface area contributed by atoms with Crippen LogP contribution in [0.25, 0.3) is 0 Å². The van der Waals surface area contributed by atoms with Gasteiger partial charge in [0, 0.05) is 24.5 Å². The van der Waals surface area contributed by atoms with Crippen LogP contribution >= 0.6 is 11.3 Å². The Kier molecular flexibility index (Phi) is 6.24. The lowest BCUT2D eigenvalue weighted by Gasteiger charge is -2.23. The maximum Gasteiger partial charge on any atom is 0.365 e. The number of hydrogen-bond donors (Lipinski definition) is 2. The highest BCUT2D eigenvalue weighted by atomic mass is 32.1. The maximum absolute atomic E-state index is 10.7. The van der Waals surface area contributed by atoms with Crippen molar-refractivity contribution in [2.24, 2.45) is 0 Å². The van der Waals surface area contributed by atoms with Gasteiger partial charge in [0.05, 0.1) is 5.69 Å². The van der Waals surface area contributed by atoms with Gasteiger partial charge in [0.1, 0.15) is 0 Å². The molecule has 0 bridgehead atoms. The molecule has 0 aromatic carbocycles. The molecule has 0 saturated carbocycles. The summed E-state index contributed by atoms with van der Waals surface area (Å²) in [6.45, 7) is 10.1. The molecule has 1 heterocycles. The Labute approximate surface area is 112 Å². The third kappa shape index (κ3) is 4.72. The molecule has 0 aliphatic rings. The van der Waals surface area contributed by atoms with E-state index in [9.17, 15) is 4.79 Å². The zero-order chi connectivity index (χ0) is 13.5. The summed E-state index contributed by atoms with van der Waals surface area (Å²) in [6, 6.07) is 0.361. The van der Waals surface area contributed by atoms with Gasteiger partial charge in [-0.15, -0.1) is 11.3 Å². The largest absolute Gasteiger partial charge is 0.476 e. The molecule has 5 nitrogen and oxygen atoms in total. The molecule has 0 amide bonds. The van der Waals surface area contributed by atoms with E-state index in [-0.39, 0.29) is 5.01 Å². The van der Waals surface area contributed by atoms with E-state index in [1.54, 1.807) is 5.38 Å². The first-order chi connectivity index (χ1) is 8.56. The topological polar surface area (TPSA) is 65.5 Å². The summed E-state index contributed by atoms with van der Waals surface area (Å²) < 4.78 is 0. The maximum atomic E-state index is 10.7. The summed E-state index contributed by atoms with van der Waals surface area (Å²) in [6.07, 6.45) is 0. The summed E-state index contributed by atoms with van der Waals surface area (Å²) >= 11 is 1.17. The van der Waals surface area contributed by atoms with Gasteiger partial charge < -0.3 is 15.3 Å². The SMILES string of the molecule is CCN(CC)CC(C)NCc1csc(C(=O)O)n1. The molecule has 1 atom stereocenters. The fourth-order valence-corrected chi connectivity index (χ4v) is 2.35. The molecule has 1 rings (SSSR count). The Balaban J connectivity index is 2.37. The Morgan fingerprint density at radius 1 is 1.56 bits per heavy atom. The molecule has 18 heavy (non-hydrogen) atoms. The van der Waals surface area contributed by atoms with E-state index in [1.807, 2.05) is 0 Å². The predicted octanol–water partition coefficient (Wildman–Crippen LogP) is 1.66. The molecule has 0 aliphatic heterocycles. The van der Waals surface area contributed by atoms with Gasteiger partial charge in [0.2, 0.25) is 5.01 Å². The molecule has 0 aliphatic carbocycles. The van der Waals surface area contributed by atoms with Gasteiger partial charge in [0.15, 0.2) is 0 Å². The van der Waals surface area contributed by atoms with E-state index in [2.05, 4.69) is 36.0 Å². The summed E-state index contributed by atoms with van der Waals surface area (Å²) in [7, 11) is 0. The van der Waals surface area contributed by atoms with Gasteiger partial charge >= 0.3 is 5.97 Å². The van der Waals surface area contributed by atoms with Gasteiger partial charge in [-0.25, -0.2) is 9.78 Å². The van der Waals surface area contributed by atoms with E-state index in [0.717, 1.165) is 25.3 Å². The van der Waals surface area contributed by atoms with Crippen molar-refractivity contribution in [3.05, 3.63) is 16.1 Å². The van der Waals surface area contributed by atoms with Crippen molar-refractivity contribution in [2.45, 2.75) is 33.4 Å². The number of thiazole rings is 1. The Morgan fingerprint density at radius 3 is 2.72 bits per heavy atom. The number of aromatic nitrogens is 1. The Bertz CT molecular complexity index is 377. The highest BCUT2D eigenvalue weighted by molar-refractivity contribution is 7.11. The van der Waals surface area contributed by atoms with Crippen LogP contribution in [0.5, 0.6) is 0 Å². The van der Waals surface area contributed by atoms with Crippen molar-refractivity contribution in [3.63, 3.8) is 0 Å². The molecule has 102 valence electrons. The number of aromatic carboxylic acids is 1. The number of carboxylic acid groups (broad SMARTS) is 1. The number of carbonyl (C=O) groups is 1. The van der Waals surface area contributed by atoms with Crippen LogP contribution in [0.3, 0.4) is 0 Å². The van der Waals surface area contributed by atoms with Gasteiger partial charge in [-0.1, -0.05) is 13.8 Å². The molecule has 1 aromatic rings. The molecule has 6 heteroatoms. The lowest BCUT2D eigenvalue weighted by molar-refractivity contribution is 0.0696. The first kappa shape index (κ1) is 15.1. The smallest absolute Gasteiger partial charge is 0.365 e. The van der Waals surface area contributed by atoms with E-state index in [4.69, 9.17) is 5.11 Å². The first-order valence-corrected chi connectivity index (χ1v) is 7.08. The molecule has 2 N–H and O–H groups in total. The van der Waals surface area contributed by atoms with E-state index in [1.165, 1.54) is 11.3 Å². The fourth-order valence-electron chi connectivity index (χ4n) is 1.70. The third-order valence-electron chi connectivity index (χ3n) is 2.79.